The van der Waals surface area contributed by atoms with E-state index in [1.165, 1.54) is 289 Å². The molecule has 1 aromatic heterocycles. The Kier molecular flexibility index (Phi) is 45.2. The minimum atomic E-state index is 0.414. The predicted octanol–water partition coefficient (Wildman–Crippen LogP) is 25.0. The number of unbranched alkanes of at least 4 members (excludes halogenated alkanes) is 45. The molecule has 0 aliphatic rings. The van der Waals surface area contributed by atoms with Gasteiger partial charge in [0.05, 0.1) is 19.8 Å². The number of anilines is 6. The lowest BCUT2D eigenvalue weighted by molar-refractivity contribution is 0.304. The zero-order valence-corrected chi connectivity index (χ0v) is 54.6. The minimum Gasteiger partial charge on any atom is -0.494 e. The van der Waals surface area contributed by atoms with E-state index in [2.05, 4.69) is 36.7 Å². The second-order valence-electron chi connectivity index (χ2n) is 24.7. The lowest BCUT2D eigenvalue weighted by Gasteiger charge is -2.14. The molecule has 84 heavy (non-hydrogen) atoms. The molecule has 0 radical (unpaired) electrons. The van der Waals surface area contributed by atoms with Crippen LogP contribution < -0.4 is 30.2 Å². The largest absolute Gasteiger partial charge is 0.494 e. The maximum absolute atomic E-state index is 6.26. The average molecular weight is 1160 g/mol. The highest BCUT2D eigenvalue weighted by atomic mass is 16.5. The quantitative estimate of drug-likeness (QED) is 0.0373. The van der Waals surface area contributed by atoms with E-state index in [-0.39, 0.29) is 0 Å². The number of aromatic nitrogens is 3. The van der Waals surface area contributed by atoms with E-state index in [9.17, 15) is 0 Å². The molecule has 0 saturated heterocycles. The first-order valence-corrected chi connectivity index (χ1v) is 35.9. The normalized spacial score (nSPS) is 11.3. The lowest BCUT2D eigenvalue weighted by atomic mass is 10.0. The fourth-order valence-electron chi connectivity index (χ4n) is 11.4. The summed E-state index contributed by atoms with van der Waals surface area (Å²) in [4.78, 5) is 14.6. The summed E-state index contributed by atoms with van der Waals surface area (Å²) in [5.41, 5.74) is 2.53. The molecule has 0 spiro atoms. The van der Waals surface area contributed by atoms with E-state index in [0.29, 0.717) is 37.7 Å². The molecule has 9 nitrogen and oxygen atoms in total. The van der Waals surface area contributed by atoms with Crippen molar-refractivity contribution < 1.29 is 14.2 Å². The Morgan fingerprint density at radius 1 is 0.238 bits per heavy atom. The van der Waals surface area contributed by atoms with Crippen molar-refractivity contribution >= 4 is 34.9 Å². The van der Waals surface area contributed by atoms with Crippen molar-refractivity contribution in [2.24, 2.45) is 0 Å². The highest BCUT2D eigenvalue weighted by molar-refractivity contribution is 5.63. The van der Waals surface area contributed by atoms with Gasteiger partial charge >= 0.3 is 0 Å². The van der Waals surface area contributed by atoms with Crippen molar-refractivity contribution in [1.82, 2.24) is 15.0 Å². The van der Waals surface area contributed by atoms with Gasteiger partial charge in [-0.25, -0.2) is 0 Å². The molecule has 0 aliphatic heterocycles. The monoisotopic (exact) mass is 1160 g/mol. The van der Waals surface area contributed by atoms with Crippen molar-refractivity contribution in [3.05, 3.63) is 72.8 Å². The standard InChI is InChI=1S/C75H126N6O3/c1-4-7-10-13-16-19-22-25-28-31-34-37-40-43-46-49-61-82-70-58-52-55-67(64-70)76-73-79-74(77-68-56-53-59-71(65-68)83-62-50-47-44-41-38-35-32-29-26-23-20-17-14-11-8-5-2)81-75(80-73)78-69-57-54-60-72(66-69)84-63-51-48-45-42-39-36-33-30-27-24-21-18-15-12-9-6-3/h52-60,64-66H,4-51,61-63H2,1-3H3,(H3,76,77,78,79,80,81). The Balaban J connectivity index is 1.21. The Bertz CT molecular complexity index is 1860. The van der Waals surface area contributed by atoms with Gasteiger partial charge in [0.25, 0.3) is 0 Å². The molecule has 4 aromatic rings. The van der Waals surface area contributed by atoms with Crippen LogP contribution in [0.1, 0.15) is 329 Å². The van der Waals surface area contributed by atoms with Crippen LogP contribution in [-0.4, -0.2) is 34.8 Å². The molecule has 4 rings (SSSR count). The molecule has 474 valence electrons. The summed E-state index contributed by atoms with van der Waals surface area (Å²) in [5, 5.41) is 10.4. The lowest BCUT2D eigenvalue weighted by Crippen LogP contribution is -2.08. The number of hydrogen-bond acceptors (Lipinski definition) is 9. The molecule has 0 amide bonds. The van der Waals surface area contributed by atoms with E-state index < -0.39 is 0 Å². The summed E-state index contributed by atoms with van der Waals surface area (Å²) < 4.78 is 18.8. The first-order chi connectivity index (χ1) is 41.6. The predicted molar refractivity (Wildman–Crippen MR) is 364 cm³/mol. The SMILES string of the molecule is CCCCCCCCCCCCCCCCCCOc1cccc(Nc2nc(Nc3cccc(OCCCCCCCCCCCCCCCCCC)c3)nc(Nc3cccc(OCCCCCCCCCCCCCCCCCC)c3)n2)c1. The number of rotatable bonds is 60. The number of ether oxygens (including phenoxy) is 3. The Hall–Kier alpha value is -4.53. The van der Waals surface area contributed by atoms with Crippen molar-refractivity contribution in [3.63, 3.8) is 0 Å². The summed E-state index contributed by atoms with van der Waals surface area (Å²) >= 11 is 0. The van der Waals surface area contributed by atoms with E-state index in [1.807, 2.05) is 72.8 Å². The van der Waals surface area contributed by atoms with Crippen LogP contribution in [0.25, 0.3) is 0 Å². The van der Waals surface area contributed by atoms with Gasteiger partial charge in [-0.3, -0.25) is 0 Å². The van der Waals surface area contributed by atoms with Crippen LogP contribution in [0.2, 0.25) is 0 Å². The average Bonchev–Trinajstić information content (AvgIpc) is 3.50. The van der Waals surface area contributed by atoms with E-state index in [4.69, 9.17) is 29.2 Å². The molecule has 0 aliphatic carbocycles. The zero-order chi connectivity index (χ0) is 59.1. The molecule has 0 saturated carbocycles. The maximum Gasteiger partial charge on any atom is 0.233 e. The highest BCUT2D eigenvalue weighted by Crippen LogP contribution is 2.27. The van der Waals surface area contributed by atoms with Gasteiger partial charge in [-0.15, -0.1) is 0 Å². The molecular weight excluding hydrogens is 1030 g/mol. The van der Waals surface area contributed by atoms with Crippen molar-refractivity contribution in [3.8, 4) is 17.2 Å². The molecule has 3 N–H and O–H groups in total. The Morgan fingerprint density at radius 3 is 0.607 bits per heavy atom. The summed E-state index contributed by atoms with van der Waals surface area (Å²) in [6.07, 6.45) is 65.2. The van der Waals surface area contributed by atoms with Crippen molar-refractivity contribution in [2.45, 2.75) is 329 Å². The first kappa shape index (κ1) is 71.9. The van der Waals surface area contributed by atoms with Gasteiger partial charge < -0.3 is 30.2 Å². The van der Waals surface area contributed by atoms with Crippen LogP contribution in [0.3, 0.4) is 0 Å². The smallest absolute Gasteiger partial charge is 0.233 e. The fourth-order valence-corrected chi connectivity index (χ4v) is 11.4. The summed E-state index contributed by atoms with van der Waals surface area (Å²) in [6.45, 7) is 9.02. The van der Waals surface area contributed by atoms with Crippen LogP contribution in [0.5, 0.6) is 17.2 Å². The molecule has 0 unspecified atom stereocenters. The maximum atomic E-state index is 6.26. The van der Waals surface area contributed by atoms with Crippen LogP contribution in [0.4, 0.5) is 34.9 Å². The zero-order valence-electron chi connectivity index (χ0n) is 54.6. The van der Waals surface area contributed by atoms with Gasteiger partial charge in [0, 0.05) is 35.3 Å². The highest BCUT2D eigenvalue weighted by Gasteiger charge is 2.11. The van der Waals surface area contributed by atoms with Crippen molar-refractivity contribution in [1.29, 1.82) is 0 Å². The summed E-state index contributed by atoms with van der Waals surface area (Å²) in [7, 11) is 0. The number of nitrogens with one attached hydrogen (secondary N) is 3. The minimum absolute atomic E-state index is 0.414. The Morgan fingerprint density at radius 2 is 0.417 bits per heavy atom. The van der Waals surface area contributed by atoms with Crippen LogP contribution in [0, 0.1) is 0 Å². The number of benzene rings is 3. The number of nitrogens with zero attached hydrogens (tertiary/aromatic N) is 3. The molecule has 9 heteroatoms. The third-order valence-electron chi connectivity index (χ3n) is 16.7. The molecule has 0 bridgehead atoms. The van der Waals surface area contributed by atoms with E-state index >= 15 is 0 Å². The summed E-state index contributed by atoms with van der Waals surface area (Å²) in [5.74, 6) is 3.74. The van der Waals surface area contributed by atoms with Gasteiger partial charge in [0.15, 0.2) is 0 Å². The van der Waals surface area contributed by atoms with Crippen molar-refractivity contribution in [2.75, 3.05) is 35.8 Å². The second-order valence-corrected chi connectivity index (χ2v) is 24.7. The van der Waals surface area contributed by atoms with E-state index in [0.717, 1.165) is 53.6 Å². The van der Waals surface area contributed by atoms with Crippen LogP contribution >= 0.6 is 0 Å². The van der Waals surface area contributed by atoms with Gasteiger partial charge in [-0.05, 0) is 55.7 Å². The molecular formula is C75H126N6O3. The third-order valence-corrected chi connectivity index (χ3v) is 16.7. The topological polar surface area (TPSA) is 102 Å². The van der Waals surface area contributed by atoms with Gasteiger partial charge in [-0.1, -0.05) is 328 Å². The third kappa shape index (κ3) is 40.0. The van der Waals surface area contributed by atoms with E-state index in [1.54, 1.807) is 0 Å². The first-order valence-electron chi connectivity index (χ1n) is 35.9. The fraction of sp³-hybridized carbons (Fsp3) is 0.720. The van der Waals surface area contributed by atoms with Gasteiger partial charge in [0.2, 0.25) is 17.8 Å². The second kappa shape index (κ2) is 52.8. The van der Waals surface area contributed by atoms with Gasteiger partial charge in [0.1, 0.15) is 17.2 Å². The van der Waals surface area contributed by atoms with Crippen LogP contribution in [0.15, 0.2) is 72.8 Å². The summed E-state index contributed by atoms with van der Waals surface area (Å²) in [6, 6.07) is 24.3. The molecule has 0 atom stereocenters. The van der Waals surface area contributed by atoms with Crippen LogP contribution in [-0.2, 0) is 0 Å². The Labute approximate surface area is 516 Å². The van der Waals surface area contributed by atoms with Gasteiger partial charge in [-0.2, -0.15) is 15.0 Å². The number of hydrogen-bond donors (Lipinski definition) is 3. The molecule has 0 fully saturated rings. The molecule has 1 heterocycles. The molecule has 3 aromatic carbocycles.